The van der Waals surface area contributed by atoms with E-state index in [-0.39, 0.29) is 17.9 Å². The van der Waals surface area contributed by atoms with E-state index in [0.29, 0.717) is 26.6 Å². The van der Waals surface area contributed by atoms with Crippen LogP contribution in [0.15, 0.2) is 27.5 Å². The van der Waals surface area contributed by atoms with Crippen molar-refractivity contribution in [3.05, 3.63) is 60.9 Å². The van der Waals surface area contributed by atoms with Crippen molar-refractivity contribution in [2.45, 2.75) is 26.2 Å². The van der Waals surface area contributed by atoms with Crippen LogP contribution in [0.1, 0.15) is 36.8 Å². The van der Waals surface area contributed by atoms with E-state index in [9.17, 15) is 9.18 Å². The first-order valence-electron chi connectivity index (χ1n) is 6.11. The molecule has 1 aromatic heterocycles. The van der Waals surface area contributed by atoms with Crippen LogP contribution >= 0.6 is 27.5 Å². The summed E-state index contributed by atoms with van der Waals surface area (Å²) >= 11 is 9.21. The smallest absolute Gasteiger partial charge is 0.265 e. The second-order valence-electron chi connectivity index (χ2n) is 4.74. The van der Waals surface area contributed by atoms with Crippen LogP contribution in [-0.4, -0.2) is 9.97 Å². The van der Waals surface area contributed by atoms with Crippen LogP contribution in [0.5, 0.6) is 0 Å². The van der Waals surface area contributed by atoms with Gasteiger partial charge in [0.15, 0.2) is 0 Å². The highest BCUT2D eigenvalue weighted by Gasteiger charge is 2.14. The third-order valence-corrected chi connectivity index (χ3v) is 4.01. The molecule has 0 radical (unpaired) electrons. The summed E-state index contributed by atoms with van der Waals surface area (Å²) in [6, 6.07) is 4.49. The lowest BCUT2D eigenvalue weighted by atomic mass is 10.1. The zero-order valence-electron chi connectivity index (χ0n) is 11.0. The fourth-order valence-corrected chi connectivity index (χ4v) is 2.74. The molecule has 2 rings (SSSR count). The van der Waals surface area contributed by atoms with Crippen molar-refractivity contribution in [2.75, 3.05) is 0 Å². The third-order valence-electron chi connectivity index (χ3n) is 2.89. The lowest BCUT2D eigenvalue weighted by Crippen LogP contribution is -2.17. The van der Waals surface area contributed by atoms with E-state index in [0.717, 1.165) is 0 Å². The molecule has 0 fully saturated rings. The van der Waals surface area contributed by atoms with Gasteiger partial charge in [0.25, 0.3) is 5.56 Å². The van der Waals surface area contributed by atoms with Crippen LogP contribution in [0, 0.1) is 5.82 Å². The molecule has 0 saturated carbocycles. The average Bonchev–Trinajstić information content (AvgIpc) is 2.37. The molecule has 1 aromatic carbocycles. The quantitative estimate of drug-likeness (QED) is 0.899. The third kappa shape index (κ3) is 3.10. The van der Waals surface area contributed by atoms with Crippen molar-refractivity contribution in [3.63, 3.8) is 0 Å². The standard InChI is InChI=1S/C14H13BrClFN2O/c1-7(2)13-12(15)14(20)19-11(18-13)6-8-9(16)4-3-5-10(8)17/h3-5,7H,6H2,1-2H3,(H,18,19,20). The van der Waals surface area contributed by atoms with Crippen LogP contribution in [0.2, 0.25) is 5.02 Å². The molecule has 0 amide bonds. The summed E-state index contributed by atoms with van der Waals surface area (Å²) in [4.78, 5) is 18.9. The molecule has 0 aliphatic carbocycles. The molecule has 1 heterocycles. The molecule has 1 N–H and O–H groups in total. The molecule has 3 nitrogen and oxygen atoms in total. The summed E-state index contributed by atoms with van der Waals surface area (Å²) in [5.41, 5.74) is 0.705. The maximum absolute atomic E-state index is 13.8. The molecule has 0 unspecified atom stereocenters. The van der Waals surface area contributed by atoms with Crippen molar-refractivity contribution in [1.82, 2.24) is 9.97 Å². The second-order valence-corrected chi connectivity index (χ2v) is 5.94. The molecule has 0 aliphatic rings. The van der Waals surface area contributed by atoms with Gasteiger partial charge in [0, 0.05) is 17.0 Å². The van der Waals surface area contributed by atoms with Crippen LogP contribution in [0.4, 0.5) is 4.39 Å². The van der Waals surface area contributed by atoms with E-state index in [1.165, 1.54) is 6.07 Å². The number of H-pyrrole nitrogens is 1. The second kappa shape index (κ2) is 6.06. The zero-order chi connectivity index (χ0) is 14.9. The van der Waals surface area contributed by atoms with E-state index >= 15 is 0 Å². The van der Waals surface area contributed by atoms with Gasteiger partial charge in [0.05, 0.1) is 5.69 Å². The SMILES string of the molecule is CC(C)c1nc(Cc2c(F)cccc2Cl)[nH]c(=O)c1Br. The van der Waals surface area contributed by atoms with Gasteiger partial charge >= 0.3 is 0 Å². The van der Waals surface area contributed by atoms with Gasteiger partial charge in [0.1, 0.15) is 16.1 Å². The molecule has 2 aromatic rings. The average molecular weight is 360 g/mol. The summed E-state index contributed by atoms with van der Waals surface area (Å²) in [7, 11) is 0. The molecule has 20 heavy (non-hydrogen) atoms. The lowest BCUT2D eigenvalue weighted by molar-refractivity contribution is 0.611. The summed E-state index contributed by atoms with van der Waals surface area (Å²) < 4.78 is 14.2. The predicted octanol–water partition coefficient (Wildman–Crippen LogP) is 4.04. The molecular weight excluding hydrogens is 347 g/mol. The fourth-order valence-electron chi connectivity index (χ4n) is 1.86. The van der Waals surface area contributed by atoms with Gasteiger partial charge < -0.3 is 4.98 Å². The minimum absolute atomic E-state index is 0.0847. The van der Waals surface area contributed by atoms with E-state index in [2.05, 4.69) is 25.9 Å². The van der Waals surface area contributed by atoms with Gasteiger partial charge in [-0.05, 0) is 34.0 Å². The Balaban J connectivity index is 2.47. The normalized spacial score (nSPS) is 11.1. The number of aromatic amines is 1. The Hall–Kier alpha value is -1.20. The van der Waals surface area contributed by atoms with E-state index in [1.54, 1.807) is 12.1 Å². The van der Waals surface area contributed by atoms with Crippen LogP contribution in [-0.2, 0) is 6.42 Å². The maximum Gasteiger partial charge on any atom is 0.265 e. The number of benzene rings is 1. The molecule has 0 aliphatic heterocycles. The van der Waals surface area contributed by atoms with Gasteiger partial charge in [-0.2, -0.15) is 0 Å². The van der Waals surface area contributed by atoms with Crippen molar-refractivity contribution in [3.8, 4) is 0 Å². The number of hydrogen-bond donors (Lipinski definition) is 1. The summed E-state index contributed by atoms with van der Waals surface area (Å²) in [5.74, 6) is 0.0737. The van der Waals surface area contributed by atoms with E-state index in [1.807, 2.05) is 13.8 Å². The summed E-state index contributed by atoms with van der Waals surface area (Å²) in [6.07, 6.45) is 0.147. The summed E-state index contributed by atoms with van der Waals surface area (Å²) in [6.45, 7) is 3.87. The van der Waals surface area contributed by atoms with Crippen molar-refractivity contribution in [1.29, 1.82) is 0 Å². The molecule has 0 atom stereocenters. The number of nitrogens with zero attached hydrogens (tertiary/aromatic N) is 1. The molecular formula is C14H13BrClFN2O. The van der Waals surface area contributed by atoms with Gasteiger partial charge in [-0.15, -0.1) is 0 Å². The molecule has 0 saturated heterocycles. The minimum Gasteiger partial charge on any atom is -0.309 e. The van der Waals surface area contributed by atoms with Crippen LogP contribution in [0.25, 0.3) is 0 Å². The zero-order valence-corrected chi connectivity index (χ0v) is 13.3. The number of aromatic nitrogens is 2. The first-order valence-corrected chi connectivity index (χ1v) is 7.28. The topological polar surface area (TPSA) is 45.8 Å². The number of nitrogens with one attached hydrogen (secondary N) is 1. The largest absolute Gasteiger partial charge is 0.309 e. The Morgan fingerprint density at radius 2 is 2.15 bits per heavy atom. The molecule has 6 heteroatoms. The van der Waals surface area contributed by atoms with Crippen molar-refractivity contribution < 1.29 is 4.39 Å². The monoisotopic (exact) mass is 358 g/mol. The Morgan fingerprint density at radius 3 is 2.75 bits per heavy atom. The minimum atomic E-state index is -0.408. The highest BCUT2D eigenvalue weighted by Crippen LogP contribution is 2.23. The molecule has 0 spiro atoms. The van der Waals surface area contributed by atoms with Gasteiger partial charge in [0.2, 0.25) is 0 Å². The Bertz CT molecular complexity index is 680. The van der Waals surface area contributed by atoms with Gasteiger partial charge in [-0.3, -0.25) is 4.79 Å². The first-order chi connectivity index (χ1) is 9.40. The van der Waals surface area contributed by atoms with Crippen molar-refractivity contribution >= 4 is 27.5 Å². The molecule has 0 bridgehead atoms. The lowest BCUT2D eigenvalue weighted by Gasteiger charge is -2.10. The van der Waals surface area contributed by atoms with Crippen molar-refractivity contribution in [2.24, 2.45) is 0 Å². The van der Waals surface area contributed by atoms with E-state index in [4.69, 9.17) is 11.6 Å². The number of halogens is 3. The highest BCUT2D eigenvalue weighted by atomic mass is 79.9. The predicted molar refractivity (Wildman–Crippen MR) is 80.9 cm³/mol. The van der Waals surface area contributed by atoms with E-state index < -0.39 is 5.82 Å². The van der Waals surface area contributed by atoms with Gasteiger partial charge in [-0.25, -0.2) is 9.37 Å². The highest BCUT2D eigenvalue weighted by molar-refractivity contribution is 9.10. The Morgan fingerprint density at radius 1 is 1.45 bits per heavy atom. The fraction of sp³-hybridized carbons (Fsp3) is 0.286. The first kappa shape index (κ1) is 15.2. The van der Waals surface area contributed by atoms with Gasteiger partial charge in [-0.1, -0.05) is 31.5 Å². The van der Waals surface area contributed by atoms with Crippen LogP contribution < -0.4 is 5.56 Å². The molecule has 106 valence electrons. The Labute approximate surface area is 129 Å². The maximum atomic E-state index is 13.8. The Kier molecular flexibility index (Phi) is 4.60. The number of hydrogen-bond acceptors (Lipinski definition) is 2. The van der Waals surface area contributed by atoms with Crippen LogP contribution in [0.3, 0.4) is 0 Å². The number of rotatable bonds is 3. The summed E-state index contributed by atoms with van der Waals surface area (Å²) in [5, 5.41) is 0.321.